The number of likely N-dealkylation sites (tertiary alicyclic amines) is 1. The standard InChI is InChI=1S/C26H41BrN4/c1-2-15-28-16-12-26-29-24-11-10-22(27)19-25(24)31(26)23-13-17-30(18-14-23)20-21-8-6-4-3-5-7-9-21/h10-11,19,21,23,28H,2-9,12-18,20H2,1H3. The van der Waals surface area contributed by atoms with Gasteiger partial charge in [0.1, 0.15) is 5.82 Å². The molecule has 0 radical (unpaired) electrons. The zero-order valence-electron chi connectivity index (χ0n) is 19.4. The topological polar surface area (TPSA) is 33.1 Å². The molecule has 2 fully saturated rings. The fraction of sp³-hybridized carbons (Fsp3) is 0.731. The Balaban J connectivity index is 1.41. The van der Waals surface area contributed by atoms with Crippen molar-refractivity contribution in [3.63, 3.8) is 0 Å². The number of imidazole rings is 1. The summed E-state index contributed by atoms with van der Waals surface area (Å²) in [5.74, 6) is 2.19. The molecule has 0 bridgehead atoms. The summed E-state index contributed by atoms with van der Waals surface area (Å²) in [5, 5.41) is 3.56. The van der Waals surface area contributed by atoms with E-state index in [0.717, 1.165) is 35.4 Å². The van der Waals surface area contributed by atoms with Gasteiger partial charge < -0.3 is 14.8 Å². The SMILES string of the molecule is CCCNCCc1nc2ccc(Br)cc2n1C1CCN(CC2CCCCCCC2)CC1. The first-order valence-corrected chi connectivity index (χ1v) is 13.6. The molecule has 1 aliphatic carbocycles. The predicted octanol–water partition coefficient (Wildman–Crippen LogP) is 6.34. The highest BCUT2D eigenvalue weighted by Crippen LogP contribution is 2.32. The number of rotatable bonds is 8. The molecule has 1 saturated carbocycles. The van der Waals surface area contributed by atoms with Gasteiger partial charge in [0.2, 0.25) is 0 Å². The van der Waals surface area contributed by atoms with Crippen molar-refractivity contribution in [2.45, 2.75) is 83.6 Å². The van der Waals surface area contributed by atoms with Gasteiger partial charge in [0.05, 0.1) is 11.0 Å². The molecule has 0 spiro atoms. The lowest BCUT2D eigenvalue weighted by molar-refractivity contribution is 0.152. The fourth-order valence-corrected chi connectivity index (χ4v) is 6.00. The quantitative estimate of drug-likeness (QED) is 0.440. The molecule has 2 aromatic rings. The maximum Gasteiger partial charge on any atom is 0.111 e. The number of aromatic nitrogens is 2. The van der Waals surface area contributed by atoms with Crippen molar-refractivity contribution in [1.29, 1.82) is 0 Å². The number of halogens is 1. The lowest BCUT2D eigenvalue weighted by atomic mass is 9.90. The number of hydrogen-bond donors (Lipinski definition) is 1. The zero-order valence-corrected chi connectivity index (χ0v) is 21.0. The van der Waals surface area contributed by atoms with Gasteiger partial charge in [-0.3, -0.25) is 0 Å². The third kappa shape index (κ3) is 6.33. The third-order valence-corrected chi connectivity index (χ3v) is 7.83. The second-order valence-corrected chi connectivity index (χ2v) is 10.7. The largest absolute Gasteiger partial charge is 0.325 e. The highest BCUT2D eigenvalue weighted by molar-refractivity contribution is 9.10. The van der Waals surface area contributed by atoms with E-state index in [1.165, 1.54) is 95.2 Å². The first kappa shape index (κ1) is 23.3. The molecule has 0 unspecified atom stereocenters. The van der Waals surface area contributed by atoms with Crippen LogP contribution in [0.2, 0.25) is 0 Å². The van der Waals surface area contributed by atoms with Crippen LogP contribution in [-0.4, -0.2) is 47.2 Å². The highest BCUT2D eigenvalue weighted by atomic mass is 79.9. The smallest absolute Gasteiger partial charge is 0.111 e. The minimum Gasteiger partial charge on any atom is -0.325 e. The molecule has 1 aromatic carbocycles. The van der Waals surface area contributed by atoms with Crippen molar-refractivity contribution < 1.29 is 0 Å². The van der Waals surface area contributed by atoms with Gasteiger partial charge in [-0.05, 0) is 62.8 Å². The number of fused-ring (bicyclic) bond motifs is 1. The number of benzene rings is 1. The van der Waals surface area contributed by atoms with Crippen molar-refractivity contribution in [2.75, 3.05) is 32.7 Å². The minimum absolute atomic E-state index is 0.578. The van der Waals surface area contributed by atoms with Crippen LogP contribution in [0.15, 0.2) is 22.7 Å². The summed E-state index contributed by atoms with van der Waals surface area (Å²) in [4.78, 5) is 7.81. The van der Waals surface area contributed by atoms with Crippen molar-refractivity contribution in [2.24, 2.45) is 5.92 Å². The molecule has 0 amide bonds. The van der Waals surface area contributed by atoms with Crippen LogP contribution in [-0.2, 0) is 6.42 Å². The molecule has 4 nitrogen and oxygen atoms in total. The monoisotopic (exact) mass is 488 g/mol. The second kappa shape index (κ2) is 11.8. The molecule has 5 heteroatoms. The fourth-order valence-electron chi connectivity index (χ4n) is 5.65. The van der Waals surface area contributed by atoms with Crippen molar-refractivity contribution in [3.8, 4) is 0 Å². The van der Waals surface area contributed by atoms with E-state index in [1.807, 2.05) is 0 Å². The van der Waals surface area contributed by atoms with Crippen LogP contribution in [0.3, 0.4) is 0 Å². The van der Waals surface area contributed by atoms with Gasteiger partial charge in [0.25, 0.3) is 0 Å². The maximum absolute atomic E-state index is 5.05. The van der Waals surface area contributed by atoms with E-state index in [9.17, 15) is 0 Å². The first-order valence-electron chi connectivity index (χ1n) is 12.8. The number of hydrogen-bond acceptors (Lipinski definition) is 3. The Kier molecular flexibility index (Phi) is 8.86. The summed E-state index contributed by atoms with van der Waals surface area (Å²) >= 11 is 3.69. The van der Waals surface area contributed by atoms with E-state index < -0.39 is 0 Å². The lowest BCUT2D eigenvalue weighted by Gasteiger charge is -2.36. The van der Waals surface area contributed by atoms with Crippen molar-refractivity contribution in [1.82, 2.24) is 19.8 Å². The van der Waals surface area contributed by atoms with Crippen molar-refractivity contribution in [3.05, 3.63) is 28.5 Å². The molecule has 0 atom stereocenters. The average Bonchev–Trinajstić information content (AvgIpc) is 3.11. The van der Waals surface area contributed by atoms with Gasteiger partial charge in [-0.15, -0.1) is 0 Å². The molecule has 1 N–H and O–H groups in total. The highest BCUT2D eigenvalue weighted by Gasteiger charge is 2.26. The number of piperidine rings is 1. The van der Waals surface area contributed by atoms with E-state index in [1.54, 1.807) is 0 Å². The van der Waals surface area contributed by atoms with Crippen LogP contribution in [0.4, 0.5) is 0 Å². The summed E-state index contributed by atoms with van der Waals surface area (Å²) in [6.07, 6.45) is 14.9. The van der Waals surface area contributed by atoms with Gasteiger partial charge in [-0.2, -0.15) is 0 Å². The Morgan fingerprint density at radius 1 is 1.00 bits per heavy atom. The summed E-state index contributed by atoms with van der Waals surface area (Å²) in [6, 6.07) is 7.14. The van der Waals surface area contributed by atoms with Crippen LogP contribution < -0.4 is 5.32 Å². The van der Waals surface area contributed by atoms with E-state index >= 15 is 0 Å². The second-order valence-electron chi connectivity index (χ2n) is 9.77. The molecule has 2 aliphatic rings. The van der Waals surface area contributed by atoms with E-state index in [0.29, 0.717) is 6.04 Å². The minimum atomic E-state index is 0.578. The maximum atomic E-state index is 5.05. The average molecular weight is 490 g/mol. The Morgan fingerprint density at radius 3 is 2.48 bits per heavy atom. The number of nitrogens with one attached hydrogen (secondary N) is 1. The number of nitrogens with zero attached hydrogens (tertiary/aromatic N) is 3. The molecule has 31 heavy (non-hydrogen) atoms. The predicted molar refractivity (Wildman–Crippen MR) is 135 cm³/mol. The summed E-state index contributed by atoms with van der Waals surface area (Å²) in [6.45, 7) is 8.13. The van der Waals surface area contributed by atoms with Gasteiger partial charge in [0, 0.05) is 43.1 Å². The van der Waals surface area contributed by atoms with E-state index in [-0.39, 0.29) is 0 Å². The molecule has 1 saturated heterocycles. The van der Waals surface area contributed by atoms with Gasteiger partial charge in [-0.1, -0.05) is 55.0 Å². The normalized spacial score (nSPS) is 20.2. The van der Waals surface area contributed by atoms with Crippen LogP contribution in [0, 0.1) is 5.92 Å². The Hall–Kier alpha value is -0.910. The van der Waals surface area contributed by atoms with Crippen molar-refractivity contribution >= 4 is 27.0 Å². The summed E-state index contributed by atoms with van der Waals surface area (Å²) in [5.41, 5.74) is 2.45. The Morgan fingerprint density at radius 2 is 1.74 bits per heavy atom. The van der Waals surface area contributed by atoms with Crippen LogP contribution in [0.25, 0.3) is 11.0 Å². The van der Waals surface area contributed by atoms with Gasteiger partial charge in [0.15, 0.2) is 0 Å². The summed E-state index contributed by atoms with van der Waals surface area (Å²) < 4.78 is 3.74. The van der Waals surface area contributed by atoms with Crippen LogP contribution in [0.1, 0.15) is 83.0 Å². The molecular formula is C26H41BrN4. The van der Waals surface area contributed by atoms with E-state index in [2.05, 4.69) is 55.8 Å². The summed E-state index contributed by atoms with van der Waals surface area (Å²) in [7, 11) is 0. The molecule has 1 aliphatic heterocycles. The first-order chi connectivity index (χ1) is 15.2. The van der Waals surface area contributed by atoms with E-state index in [4.69, 9.17) is 4.98 Å². The molecule has 4 rings (SSSR count). The van der Waals surface area contributed by atoms with Crippen LogP contribution >= 0.6 is 15.9 Å². The zero-order chi connectivity index (χ0) is 21.5. The molecule has 172 valence electrons. The van der Waals surface area contributed by atoms with Gasteiger partial charge in [-0.25, -0.2) is 4.98 Å². The molecule has 2 heterocycles. The van der Waals surface area contributed by atoms with Gasteiger partial charge >= 0.3 is 0 Å². The molecule has 1 aromatic heterocycles. The third-order valence-electron chi connectivity index (χ3n) is 7.34. The Bertz CT molecular complexity index is 801. The van der Waals surface area contributed by atoms with Crippen LogP contribution in [0.5, 0.6) is 0 Å². The molecular weight excluding hydrogens is 448 g/mol. The lowest BCUT2D eigenvalue weighted by Crippen LogP contribution is -2.38. The Labute approximate surface area is 197 Å².